The van der Waals surface area contributed by atoms with Gasteiger partial charge in [-0.1, -0.05) is 12.6 Å². The predicted octanol–water partition coefficient (Wildman–Crippen LogP) is 1.77. The Balaban J connectivity index is 1.80. The first-order valence-electron chi connectivity index (χ1n) is 5.42. The second kappa shape index (κ2) is 3.17. The van der Waals surface area contributed by atoms with Crippen molar-refractivity contribution in [2.75, 3.05) is 0 Å². The SMILES string of the molecule is C=CC(=O)NC1C2Cc3cc(F)ccc3C21. The lowest BCUT2D eigenvalue weighted by atomic mass is 10.0. The first-order chi connectivity index (χ1) is 7.70. The van der Waals surface area contributed by atoms with Crippen molar-refractivity contribution >= 4 is 5.91 Å². The molecule has 2 aliphatic rings. The zero-order valence-corrected chi connectivity index (χ0v) is 8.74. The molecule has 0 heterocycles. The standard InChI is InChI=1S/C13H12FNO/c1-2-11(16)15-13-10-6-7-5-8(14)3-4-9(7)12(10)13/h2-5,10,12-13H,1,6H2,(H,15,16). The van der Waals surface area contributed by atoms with Crippen LogP contribution in [-0.2, 0) is 11.2 Å². The van der Waals surface area contributed by atoms with Crippen molar-refractivity contribution in [2.24, 2.45) is 5.92 Å². The summed E-state index contributed by atoms with van der Waals surface area (Å²) >= 11 is 0. The smallest absolute Gasteiger partial charge is 0.243 e. The Kier molecular flexibility index (Phi) is 1.90. The van der Waals surface area contributed by atoms with Crippen molar-refractivity contribution in [3.63, 3.8) is 0 Å². The summed E-state index contributed by atoms with van der Waals surface area (Å²) in [6.07, 6.45) is 2.17. The molecule has 16 heavy (non-hydrogen) atoms. The van der Waals surface area contributed by atoms with Crippen LogP contribution in [0.4, 0.5) is 4.39 Å². The molecule has 0 bridgehead atoms. The minimum absolute atomic E-state index is 0.122. The molecule has 1 aromatic rings. The Morgan fingerprint density at radius 1 is 1.56 bits per heavy atom. The highest BCUT2D eigenvalue weighted by Crippen LogP contribution is 2.56. The van der Waals surface area contributed by atoms with Crippen molar-refractivity contribution in [3.05, 3.63) is 47.8 Å². The molecular formula is C13H12FNO. The number of carbonyl (C=O) groups is 1. The van der Waals surface area contributed by atoms with E-state index in [2.05, 4.69) is 11.9 Å². The molecule has 3 atom stereocenters. The normalized spacial score (nSPS) is 29.2. The maximum atomic E-state index is 13.0. The summed E-state index contributed by atoms with van der Waals surface area (Å²) < 4.78 is 13.0. The number of rotatable bonds is 2. The van der Waals surface area contributed by atoms with E-state index in [-0.39, 0.29) is 17.8 Å². The van der Waals surface area contributed by atoms with Gasteiger partial charge >= 0.3 is 0 Å². The fraction of sp³-hybridized carbons (Fsp3) is 0.308. The number of fused-ring (bicyclic) bond motifs is 3. The minimum Gasteiger partial charge on any atom is -0.349 e. The van der Waals surface area contributed by atoms with Crippen molar-refractivity contribution in [1.82, 2.24) is 5.32 Å². The van der Waals surface area contributed by atoms with Gasteiger partial charge in [0, 0.05) is 12.0 Å². The first kappa shape index (κ1) is 9.58. The zero-order chi connectivity index (χ0) is 11.3. The maximum absolute atomic E-state index is 13.0. The Bertz CT molecular complexity index is 483. The van der Waals surface area contributed by atoms with Crippen LogP contribution in [0.15, 0.2) is 30.9 Å². The summed E-state index contributed by atoms with van der Waals surface area (Å²) in [4.78, 5) is 11.2. The lowest BCUT2D eigenvalue weighted by Gasteiger charge is -2.08. The number of hydrogen-bond donors (Lipinski definition) is 1. The highest BCUT2D eigenvalue weighted by Gasteiger charge is 2.56. The van der Waals surface area contributed by atoms with Gasteiger partial charge in [-0.15, -0.1) is 0 Å². The topological polar surface area (TPSA) is 29.1 Å². The number of nitrogens with one attached hydrogen (secondary N) is 1. The molecule has 0 aromatic heterocycles. The molecule has 0 spiro atoms. The van der Waals surface area contributed by atoms with Crippen molar-refractivity contribution < 1.29 is 9.18 Å². The van der Waals surface area contributed by atoms with Crippen LogP contribution in [0.5, 0.6) is 0 Å². The fourth-order valence-electron chi connectivity index (χ4n) is 2.80. The largest absolute Gasteiger partial charge is 0.349 e. The molecule has 0 radical (unpaired) electrons. The van der Waals surface area contributed by atoms with Gasteiger partial charge in [-0.3, -0.25) is 4.79 Å². The van der Waals surface area contributed by atoms with Crippen molar-refractivity contribution in [2.45, 2.75) is 18.4 Å². The van der Waals surface area contributed by atoms with E-state index in [0.717, 1.165) is 12.0 Å². The monoisotopic (exact) mass is 217 g/mol. The van der Waals surface area contributed by atoms with E-state index >= 15 is 0 Å². The van der Waals surface area contributed by atoms with Gasteiger partial charge in [0.2, 0.25) is 5.91 Å². The summed E-state index contributed by atoms with van der Waals surface area (Å²) in [5.41, 5.74) is 2.29. The van der Waals surface area contributed by atoms with E-state index in [1.165, 1.54) is 17.7 Å². The first-order valence-corrected chi connectivity index (χ1v) is 5.42. The summed E-state index contributed by atoms with van der Waals surface area (Å²) in [5.74, 6) is 0.551. The second-order valence-corrected chi connectivity index (χ2v) is 4.48. The van der Waals surface area contributed by atoms with Crippen LogP contribution < -0.4 is 5.32 Å². The molecule has 1 N–H and O–H groups in total. The van der Waals surface area contributed by atoms with E-state index in [0.29, 0.717) is 11.8 Å². The number of halogens is 1. The summed E-state index contributed by atoms with van der Waals surface area (Å²) in [5, 5.41) is 2.91. The average Bonchev–Trinajstić information content (AvgIpc) is 2.78. The van der Waals surface area contributed by atoms with E-state index in [1.54, 1.807) is 6.07 Å². The molecule has 3 rings (SSSR count). The third-order valence-electron chi connectivity index (χ3n) is 3.58. The third kappa shape index (κ3) is 1.28. The molecule has 0 aliphatic heterocycles. The Labute approximate surface area is 93.2 Å². The predicted molar refractivity (Wildman–Crippen MR) is 58.5 cm³/mol. The van der Waals surface area contributed by atoms with Crippen LogP contribution in [0.3, 0.4) is 0 Å². The number of carbonyl (C=O) groups excluding carboxylic acids is 1. The molecule has 1 aromatic carbocycles. The van der Waals surface area contributed by atoms with Crippen LogP contribution in [0.1, 0.15) is 17.0 Å². The van der Waals surface area contributed by atoms with Crippen LogP contribution >= 0.6 is 0 Å². The lowest BCUT2D eigenvalue weighted by molar-refractivity contribution is -0.116. The van der Waals surface area contributed by atoms with Crippen LogP contribution in [-0.4, -0.2) is 11.9 Å². The van der Waals surface area contributed by atoms with Gasteiger partial charge in [-0.05, 0) is 41.7 Å². The van der Waals surface area contributed by atoms with E-state index < -0.39 is 0 Å². The van der Waals surface area contributed by atoms with Gasteiger partial charge in [0.1, 0.15) is 5.82 Å². The van der Waals surface area contributed by atoms with Gasteiger partial charge in [0.15, 0.2) is 0 Å². The summed E-state index contributed by atoms with van der Waals surface area (Å²) in [6.45, 7) is 3.43. The number of hydrogen-bond acceptors (Lipinski definition) is 1. The molecule has 3 heteroatoms. The van der Waals surface area contributed by atoms with Crippen LogP contribution in [0.25, 0.3) is 0 Å². The molecule has 2 nitrogen and oxygen atoms in total. The number of amides is 1. The summed E-state index contributed by atoms with van der Waals surface area (Å²) in [7, 11) is 0. The minimum atomic E-state index is -0.174. The lowest BCUT2D eigenvalue weighted by Crippen LogP contribution is -2.26. The molecule has 1 amide bonds. The van der Waals surface area contributed by atoms with E-state index in [1.807, 2.05) is 6.07 Å². The highest BCUT2D eigenvalue weighted by molar-refractivity contribution is 5.87. The molecule has 3 unspecified atom stereocenters. The maximum Gasteiger partial charge on any atom is 0.243 e. The van der Waals surface area contributed by atoms with Gasteiger partial charge < -0.3 is 5.32 Å². The molecule has 1 saturated carbocycles. The quantitative estimate of drug-likeness (QED) is 0.751. The zero-order valence-electron chi connectivity index (χ0n) is 8.74. The van der Waals surface area contributed by atoms with Crippen LogP contribution in [0.2, 0.25) is 0 Å². The third-order valence-corrected chi connectivity index (χ3v) is 3.58. The van der Waals surface area contributed by atoms with Gasteiger partial charge in [-0.2, -0.15) is 0 Å². The van der Waals surface area contributed by atoms with Crippen LogP contribution in [0, 0.1) is 11.7 Å². The Morgan fingerprint density at radius 2 is 2.38 bits per heavy atom. The molecular weight excluding hydrogens is 205 g/mol. The van der Waals surface area contributed by atoms with Crippen molar-refractivity contribution in [3.8, 4) is 0 Å². The molecule has 2 aliphatic carbocycles. The Hall–Kier alpha value is -1.64. The summed E-state index contributed by atoms with van der Waals surface area (Å²) in [6, 6.07) is 5.17. The highest BCUT2D eigenvalue weighted by atomic mass is 19.1. The van der Waals surface area contributed by atoms with Gasteiger partial charge in [-0.25, -0.2) is 4.39 Å². The molecule has 82 valence electrons. The Morgan fingerprint density at radius 3 is 3.12 bits per heavy atom. The number of benzene rings is 1. The molecule has 0 saturated heterocycles. The second-order valence-electron chi connectivity index (χ2n) is 4.48. The van der Waals surface area contributed by atoms with E-state index in [4.69, 9.17) is 0 Å². The van der Waals surface area contributed by atoms with Gasteiger partial charge in [0.25, 0.3) is 0 Å². The average molecular weight is 217 g/mol. The van der Waals surface area contributed by atoms with Gasteiger partial charge in [0.05, 0.1) is 0 Å². The van der Waals surface area contributed by atoms with E-state index in [9.17, 15) is 9.18 Å². The fourth-order valence-corrected chi connectivity index (χ4v) is 2.80. The molecule has 1 fully saturated rings. The van der Waals surface area contributed by atoms with Crippen molar-refractivity contribution in [1.29, 1.82) is 0 Å².